The minimum absolute atomic E-state index is 0.625. The number of piperidine rings is 1. The molecule has 1 heterocycles. The molecule has 0 aromatic rings. The first-order valence-corrected chi connectivity index (χ1v) is 6.06. The van der Waals surface area contributed by atoms with Gasteiger partial charge >= 0.3 is 7.82 Å². The van der Waals surface area contributed by atoms with E-state index in [2.05, 4.69) is 4.52 Å². The van der Waals surface area contributed by atoms with Gasteiger partial charge in [0.15, 0.2) is 0 Å². The first kappa shape index (κ1) is 11.7. The van der Waals surface area contributed by atoms with Crippen LogP contribution in [0.1, 0.15) is 19.3 Å². The summed E-state index contributed by atoms with van der Waals surface area (Å²) in [5.74, 6) is 0. The highest BCUT2D eigenvalue weighted by molar-refractivity contribution is 7.44. The molecule has 1 aliphatic heterocycles. The van der Waals surface area contributed by atoms with Gasteiger partial charge in [0.05, 0.1) is 20.6 Å². The highest BCUT2D eigenvalue weighted by Gasteiger charge is 2.26. The van der Waals surface area contributed by atoms with Crippen LogP contribution in [0.3, 0.4) is 0 Å². The molecule has 0 radical (unpaired) electrons. The third kappa shape index (κ3) is 3.42. The predicted molar refractivity (Wildman–Crippen MR) is 49.8 cm³/mol. The van der Waals surface area contributed by atoms with Crippen molar-refractivity contribution < 1.29 is 23.4 Å². The monoisotopic (exact) mass is 221 g/mol. The normalized spacial score (nSPS) is 28.4. The molecule has 1 aliphatic rings. The van der Waals surface area contributed by atoms with Crippen LogP contribution in [0.5, 0.6) is 0 Å². The number of hydrogen-bond acceptors (Lipinski definition) is 3. The predicted octanol–water partition coefficient (Wildman–Crippen LogP) is 0.565. The third-order valence-corrected chi connectivity index (χ3v) is 2.87. The Morgan fingerprint density at radius 2 is 2.21 bits per heavy atom. The van der Waals surface area contributed by atoms with E-state index in [9.17, 15) is 9.46 Å². The van der Waals surface area contributed by atoms with Crippen LogP contribution in [0.25, 0.3) is 0 Å². The molecule has 1 unspecified atom stereocenters. The van der Waals surface area contributed by atoms with Crippen molar-refractivity contribution in [3.05, 3.63) is 12.0 Å². The van der Waals surface area contributed by atoms with Gasteiger partial charge in [-0.25, -0.2) is 0 Å². The molecule has 82 valence electrons. The highest BCUT2D eigenvalue weighted by Crippen LogP contribution is 2.33. The van der Waals surface area contributed by atoms with Gasteiger partial charge in [-0.1, -0.05) is 0 Å². The largest absolute Gasteiger partial charge is 0.746 e. The minimum atomic E-state index is -4.63. The third-order valence-electron chi connectivity index (χ3n) is 2.50. The zero-order valence-electron chi connectivity index (χ0n) is 8.47. The van der Waals surface area contributed by atoms with Crippen LogP contribution < -0.4 is 4.89 Å². The molecule has 1 saturated heterocycles. The molecule has 0 aliphatic carbocycles. The molecule has 6 heteroatoms. The Morgan fingerprint density at radius 1 is 1.57 bits per heavy atom. The summed E-state index contributed by atoms with van der Waals surface area (Å²) in [4.78, 5) is 18.8. The van der Waals surface area contributed by atoms with Gasteiger partial charge in [0.2, 0.25) is 0 Å². The Kier molecular flexibility index (Phi) is 3.37. The van der Waals surface area contributed by atoms with Crippen molar-refractivity contribution in [1.29, 1.82) is 0 Å². The number of quaternary nitrogens is 1. The molecule has 0 spiro atoms. The van der Waals surface area contributed by atoms with Crippen LogP contribution in [0.2, 0.25) is 0 Å². The molecule has 0 bridgehead atoms. The van der Waals surface area contributed by atoms with Gasteiger partial charge in [0, 0.05) is 6.42 Å². The molecule has 0 amide bonds. The molecule has 0 aromatic carbocycles. The van der Waals surface area contributed by atoms with E-state index < -0.39 is 7.82 Å². The molecule has 1 atom stereocenters. The summed E-state index contributed by atoms with van der Waals surface area (Å²) in [7, 11) is -0.650. The fourth-order valence-electron chi connectivity index (χ4n) is 1.59. The average molecular weight is 221 g/mol. The number of nitrogens with zero attached hydrogens (tertiary/aromatic N) is 1. The Bertz CT molecular complexity index is 281. The van der Waals surface area contributed by atoms with E-state index in [0.717, 1.165) is 37.8 Å². The summed E-state index contributed by atoms with van der Waals surface area (Å²) in [5.41, 5.74) is 0.890. The molecular weight excluding hydrogens is 205 g/mol. The van der Waals surface area contributed by atoms with Crippen molar-refractivity contribution in [3.8, 4) is 0 Å². The number of allylic oxidation sites excluding steroid dienone is 1. The maximum atomic E-state index is 10.4. The Labute approximate surface area is 83.8 Å². The van der Waals surface area contributed by atoms with Crippen molar-refractivity contribution >= 4 is 7.82 Å². The minimum Gasteiger partial charge on any atom is -0.746 e. The van der Waals surface area contributed by atoms with Crippen molar-refractivity contribution in [2.45, 2.75) is 19.3 Å². The van der Waals surface area contributed by atoms with Gasteiger partial charge < -0.3 is 14.3 Å². The van der Waals surface area contributed by atoms with Crippen molar-refractivity contribution in [1.82, 2.24) is 0 Å². The van der Waals surface area contributed by atoms with E-state index in [1.165, 1.54) is 0 Å². The van der Waals surface area contributed by atoms with E-state index in [1.807, 2.05) is 14.1 Å². The van der Waals surface area contributed by atoms with Crippen molar-refractivity contribution in [2.75, 3.05) is 20.6 Å². The first-order valence-electron chi connectivity index (χ1n) is 4.56. The smallest absolute Gasteiger partial charge is 0.316 e. The second kappa shape index (κ2) is 4.03. The van der Waals surface area contributed by atoms with Gasteiger partial charge in [-0.05, 0) is 12.8 Å². The van der Waals surface area contributed by atoms with E-state index in [0.29, 0.717) is 4.48 Å². The van der Waals surface area contributed by atoms with Crippen molar-refractivity contribution in [2.24, 2.45) is 0 Å². The summed E-state index contributed by atoms with van der Waals surface area (Å²) in [6.07, 6.45) is 4.13. The van der Waals surface area contributed by atoms with E-state index in [1.54, 1.807) is 0 Å². The summed E-state index contributed by atoms with van der Waals surface area (Å²) >= 11 is 0. The van der Waals surface area contributed by atoms with E-state index >= 15 is 0 Å². The standard InChI is InChI=1S/C8H16NO4P/c1-9(2)6-4-3-5-8(9)7-13-14(10,11)12/h7H,3-6H2,1-2H3,(H-,10,11,12). The van der Waals surface area contributed by atoms with Crippen molar-refractivity contribution in [3.63, 3.8) is 0 Å². The van der Waals surface area contributed by atoms with Crippen LogP contribution in [-0.2, 0) is 9.09 Å². The first-order chi connectivity index (χ1) is 6.31. The second-order valence-corrected chi connectivity index (χ2v) is 5.20. The van der Waals surface area contributed by atoms with E-state index in [-0.39, 0.29) is 0 Å². The molecule has 5 nitrogen and oxygen atoms in total. The zero-order valence-corrected chi connectivity index (χ0v) is 9.37. The molecule has 14 heavy (non-hydrogen) atoms. The van der Waals surface area contributed by atoms with Gasteiger partial charge in [-0.2, -0.15) is 0 Å². The summed E-state index contributed by atoms with van der Waals surface area (Å²) in [6, 6.07) is 0. The van der Waals surface area contributed by atoms with Gasteiger partial charge in [-0.3, -0.25) is 9.05 Å². The van der Waals surface area contributed by atoms with E-state index in [4.69, 9.17) is 4.89 Å². The highest BCUT2D eigenvalue weighted by atomic mass is 31.2. The molecule has 0 saturated carbocycles. The number of phosphoric acid groups is 1. The Morgan fingerprint density at radius 3 is 2.71 bits per heavy atom. The van der Waals surface area contributed by atoms with Crippen LogP contribution in [0.15, 0.2) is 12.0 Å². The summed E-state index contributed by atoms with van der Waals surface area (Å²) in [5, 5.41) is 0. The Balaban J connectivity index is 2.70. The van der Waals surface area contributed by atoms with Crippen LogP contribution >= 0.6 is 7.82 Å². The molecule has 0 aromatic heterocycles. The van der Waals surface area contributed by atoms with Crippen LogP contribution in [0, 0.1) is 0 Å². The lowest BCUT2D eigenvalue weighted by atomic mass is 10.1. The second-order valence-electron chi connectivity index (χ2n) is 4.05. The van der Waals surface area contributed by atoms with Crippen LogP contribution in [-0.4, -0.2) is 30.0 Å². The summed E-state index contributed by atoms with van der Waals surface area (Å²) in [6.45, 7) is 0.962. The number of phosphoric ester groups is 1. The number of rotatable bonds is 2. The summed E-state index contributed by atoms with van der Waals surface area (Å²) < 4.78 is 15.3. The number of hydrogen-bond donors (Lipinski definition) is 1. The topological polar surface area (TPSA) is 69.6 Å². The number of likely N-dealkylation sites (tertiary alicyclic amines) is 1. The Hall–Kier alpha value is -0.350. The average Bonchev–Trinajstić information content (AvgIpc) is 2.00. The molecule has 1 N–H and O–H groups in total. The maximum Gasteiger partial charge on any atom is 0.316 e. The zero-order chi connectivity index (χ0) is 10.8. The van der Waals surface area contributed by atoms with Gasteiger partial charge in [0.25, 0.3) is 0 Å². The van der Waals surface area contributed by atoms with Crippen LogP contribution in [0.4, 0.5) is 0 Å². The maximum absolute atomic E-state index is 10.4. The lowest BCUT2D eigenvalue weighted by molar-refractivity contribution is -0.858. The quantitative estimate of drug-likeness (QED) is 0.420. The molecule has 1 fully saturated rings. The lowest BCUT2D eigenvalue weighted by Gasteiger charge is -2.35. The fraction of sp³-hybridized carbons (Fsp3) is 0.750. The molecular formula is C8H16NO4P. The lowest BCUT2D eigenvalue weighted by Crippen LogP contribution is -2.42. The SMILES string of the molecule is C[N+]1(C)CCCCC1=COP(=O)([O-])O. The fourth-order valence-corrected chi connectivity index (χ4v) is 1.84. The molecule has 1 rings (SSSR count). The van der Waals surface area contributed by atoms with Gasteiger partial charge in [0.1, 0.15) is 12.0 Å². The van der Waals surface area contributed by atoms with Gasteiger partial charge in [-0.15, -0.1) is 0 Å².